The largest absolute Gasteiger partial charge is 0.474 e. The first-order valence-corrected chi connectivity index (χ1v) is 6.95. The van der Waals surface area contributed by atoms with Crippen molar-refractivity contribution in [1.29, 1.82) is 0 Å². The standard InChI is InChI=1S/C15H19N3O3/c1-14(2)7-20-12(17-14)10-5-9(19)6-11(16-10)13-18-15(3,4)8-21-13/h5-6H,7-8H2,1-4H3,(H,16,19). The number of hydrogen-bond acceptors (Lipinski definition) is 5. The van der Waals surface area contributed by atoms with Gasteiger partial charge in [-0.05, 0) is 27.7 Å². The van der Waals surface area contributed by atoms with Gasteiger partial charge in [0.25, 0.3) is 0 Å². The Labute approximate surface area is 122 Å². The lowest BCUT2D eigenvalue weighted by Crippen LogP contribution is -2.17. The van der Waals surface area contributed by atoms with Gasteiger partial charge in [-0.25, -0.2) is 9.98 Å². The Balaban J connectivity index is 2.01. The first-order chi connectivity index (χ1) is 9.74. The zero-order chi connectivity index (χ0) is 15.3. The number of aromatic amines is 1. The summed E-state index contributed by atoms with van der Waals surface area (Å²) in [5.74, 6) is 0.911. The second-order valence-corrected chi connectivity index (χ2v) is 6.68. The zero-order valence-corrected chi connectivity index (χ0v) is 12.7. The minimum atomic E-state index is -0.272. The van der Waals surface area contributed by atoms with E-state index in [2.05, 4.69) is 15.0 Å². The molecule has 2 aliphatic rings. The van der Waals surface area contributed by atoms with Crippen molar-refractivity contribution in [3.8, 4) is 0 Å². The molecule has 0 aromatic carbocycles. The summed E-state index contributed by atoms with van der Waals surface area (Å²) < 4.78 is 11.1. The number of pyridine rings is 1. The molecule has 1 aromatic heterocycles. The third-order valence-corrected chi connectivity index (χ3v) is 3.24. The van der Waals surface area contributed by atoms with Crippen molar-refractivity contribution >= 4 is 11.8 Å². The number of nitrogens with zero attached hydrogens (tertiary/aromatic N) is 2. The predicted octanol–water partition coefficient (Wildman–Crippen LogP) is 1.49. The van der Waals surface area contributed by atoms with Gasteiger partial charge < -0.3 is 14.5 Å². The summed E-state index contributed by atoms with van der Waals surface area (Å²) in [7, 11) is 0. The van der Waals surface area contributed by atoms with E-state index in [1.54, 1.807) is 0 Å². The summed E-state index contributed by atoms with van der Waals surface area (Å²) in [6.45, 7) is 8.92. The number of aromatic nitrogens is 1. The van der Waals surface area contributed by atoms with Crippen LogP contribution in [0.3, 0.4) is 0 Å². The number of ether oxygens (including phenoxy) is 2. The number of aliphatic imine (C=N–C) groups is 2. The van der Waals surface area contributed by atoms with Gasteiger partial charge in [0.05, 0.1) is 11.1 Å². The van der Waals surface area contributed by atoms with Crippen LogP contribution in [0.15, 0.2) is 26.9 Å². The maximum absolute atomic E-state index is 11.9. The van der Waals surface area contributed by atoms with E-state index >= 15 is 0 Å². The predicted molar refractivity (Wildman–Crippen MR) is 80.2 cm³/mol. The average Bonchev–Trinajstić information content (AvgIpc) is 2.91. The number of rotatable bonds is 2. The van der Waals surface area contributed by atoms with Gasteiger partial charge >= 0.3 is 0 Å². The van der Waals surface area contributed by atoms with Gasteiger partial charge in [0.2, 0.25) is 11.8 Å². The maximum atomic E-state index is 11.9. The Morgan fingerprint density at radius 1 is 0.952 bits per heavy atom. The molecule has 3 heterocycles. The molecule has 0 amide bonds. The molecule has 21 heavy (non-hydrogen) atoms. The van der Waals surface area contributed by atoms with Crippen LogP contribution in [0.4, 0.5) is 0 Å². The van der Waals surface area contributed by atoms with Gasteiger partial charge in [-0.2, -0.15) is 0 Å². The molecule has 0 unspecified atom stereocenters. The van der Waals surface area contributed by atoms with Crippen molar-refractivity contribution < 1.29 is 9.47 Å². The van der Waals surface area contributed by atoms with E-state index in [9.17, 15) is 4.79 Å². The second-order valence-electron chi connectivity index (χ2n) is 6.68. The first-order valence-electron chi connectivity index (χ1n) is 6.95. The molecule has 112 valence electrons. The molecular weight excluding hydrogens is 270 g/mol. The van der Waals surface area contributed by atoms with E-state index in [4.69, 9.17) is 9.47 Å². The Morgan fingerprint density at radius 2 is 1.38 bits per heavy atom. The summed E-state index contributed by atoms with van der Waals surface area (Å²) >= 11 is 0. The van der Waals surface area contributed by atoms with Crippen LogP contribution in [0.25, 0.3) is 0 Å². The average molecular weight is 289 g/mol. The Morgan fingerprint density at radius 3 is 1.71 bits per heavy atom. The van der Waals surface area contributed by atoms with E-state index in [-0.39, 0.29) is 16.5 Å². The van der Waals surface area contributed by atoms with Gasteiger partial charge in [-0.3, -0.25) is 4.79 Å². The highest BCUT2D eigenvalue weighted by Gasteiger charge is 2.30. The lowest BCUT2D eigenvalue weighted by Gasteiger charge is -2.07. The fourth-order valence-corrected chi connectivity index (χ4v) is 2.22. The fourth-order valence-electron chi connectivity index (χ4n) is 2.22. The number of hydrogen-bond donors (Lipinski definition) is 1. The highest BCUT2D eigenvalue weighted by atomic mass is 16.5. The van der Waals surface area contributed by atoms with Crippen LogP contribution in [0.1, 0.15) is 39.1 Å². The number of nitrogens with one attached hydrogen (secondary N) is 1. The van der Waals surface area contributed by atoms with Crippen LogP contribution in [0, 0.1) is 0 Å². The molecular formula is C15H19N3O3. The van der Waals surface area contributed by atoms with Crippen molar-refractivity contribution in [1.82, 2.24) is 4.98 Å². The molecule has 2 aliphatic heterocycles. The monoisotopic (exact) mass is 289 g/mol. The topological polar surface area (TPSA) is 76.0 Å². The fraction of sp³-hybridized carbons (Fsp3) is 0.533. The van der Waals surface area contributed by atoms with E-state index < -0.39 is 0 Å². The minimum absolute atomic E-state index is 0.134. The molecule has 6 heteroatoms. The Kier molecular flexibility index (Phi) is 2.93. The van der Waals surface area contributed by atoms with Crippen molar-refractivity contribution in [2.24, 2.45) is 9.98 Å². The Hall–Kier alpha value is -2.11. The van der Waals surface area contributed by atoms with Crippen LogP contribution in [0.5, 0.6) is 0 Å². The van der Waals surface area contributed by atoms with Crippen LogP contribution >= 0.6 is 0 Å². The lowest BCUT2D eigenvalue weighted by molar-refractivity contribution is 0.277. The summed E-state index contributed by atoms with van der Waals surface area (Å²) in [5, 5.41) is 0. The van der Waals surface area contributed by atoms with Crippen LogP contribution in [0.2, 0.25) is 0 Å². The van der Waals surface area contributed by atoms with Gasteiger partial charge in [-0.15, -0.1) is 0 Å². The smallest absolute Gasteiger partial charge is 0.233 e. The highest BCUT2D eigenvalue weighted by Crippen LogP contribution is 2.21. The third-order valence-electron chi connectivity index (χ3n) is 3.24. The van der Waals surface area contributed by atoms with Crippen molar-refractivity contribution in [2.75, 3.05) is 13.2 Å². The van der Waals surface area contributed by atoms with Crippen molar-refractivity contribution in [3.63, 3.8) is 0 Å². The van der Waals surface area contributed by atoms with Gasteiger partial charge in [0, 0.05) is 12.1 Å². The minimum Gasteiger partial charge on any atom is -0.474 e. The normalized spacial score (nSPS) is 22.3. The Bertz CT molecular complexity index is 643. The number of H-pyrrole nitrogens is 1. The van der Waals surface area contributed by atoms with Gasteiger partial charge in [0.1, 0.15) is 24.6 Å². The molecule has 1 aromatic rings. The van der Waals surface area contributed by atoms with Crippen molar-refractivity contribution in [3.05, 3.63) is 33.7 Å². The molecule has 0 atom stereocenters. The van der Waals surface area contributed by atoms with Crippen molar-refractivity contribution in [2.45, 2.75) is 38.8 Å². The lowest BCUT2D eigenvalue weighted by atomic mass is 10.1. The van der Waals surface area contributed by atoms with Gasteiger partial charge in [-0.1, -0.05) is 0 Å². The molecule has 0 spiro atoms. The molecule has 3 rings (SSSR count). The molecule has 0 saturated carbocycles. The van der Waals surface area contributed by atoms with Crippen LogP contribution in [-0.2, 0) is 9.47 Å². The van der Waals surface area contributed by atoms with E-state index in [0.29, 0.717) is 36.4 Å². The highest BCUT2D eigenvalue weighted by molar-refractivity contribution is 5.97. The quantitative estimate of drug-likeness (QED) is 0.896. The summed E-state index contributed by atoms with van der Waals surface area (Å²) in [5.41, 5.74) is 0.431. The van der Waals surface area contributed by atoms with E-state index in [1.807, 2.05) is 27.7 Å². The SMILES string of the molecule is CC1(C)COC(c2cc(=O)cc(C3=NC(C)(C)CO3)[nH]2)=N1. The molecule has 1 N–H and O–H groups in total. The van der Waals surface area contributed by atoms with Crippen LogP contribution in [-0.4, -0.2) is 41.1 Å². The summed E-state index contributed by atoms with van der Waals surface area (Å²) in [6, 6.07) is 2.95. The second kappa shape index (κ2) is 4.44. The maximum Gasteiger partial charge on any atom is 0.233 e. The summed E-state index contributed by atoms with van der Waals surface area (Å²) in [4.78, 5) is 24.0. The third kappa shape index (κ3) is 2.84. The first kappa shape index (κ1) is 13.9. The van der Waals surface area contributed by atoms with Gasteiger partial charge in [0.15, 0.2) is 5.43 Å². The molecule has 0 aliphatic carbocycles. The van der Waals surface area contributed by atoms with E-state index in [0.717, 1.165) is 0 Å². The summed E-state index contributed by atoms with van der Waals surface area (Å²) in [6.07, 6.45) is 0. The molecule has 0 saturated heterocycles. The van der Waals surface area contributed by atoms with E-state index in [1.165, 1.54) is 12.1 Å². The van der Waals surface area contributed by atoms with Crippen LogP contribution < -0.4 is 5.43 Å². The zero-order valence-electron chi connectivity index (χ0n) is 12.7. The molecule has 0 bridgehead atoms. The molecule has 0 radical (unpaired) electrons. The molecule has 0 fully saturated rings. The molecule has 6 nitrogen and oxygen atoms in total.